The summed E-state index contributed by atoms with van der Waals surface area (Å²) >= 11 is 0. The Balaban J connectivity index is 1.78. The Bertz CT molecular complexity index is 487. The zero-order chi connectivity index (χ0) is 13.6. The van der Waals surface area contributed by atoms with Crippen molar-refractivity contribution < 1.29 is 19.4 Å². The Kier molecular flexibility index (Phi) is 2.03. The molecule has 0 bridgehead atoms. The van der Waals surface area contributed by atoms with Crippen LogP contribution in [0.5, 0.6) is 0 Å². The third-order valence-corrected chi connectivity index (χ3v) is 6.18. The van der Waals surface area contributed by atoms with Gasteiger partial charge in [0, 0.05) is 29.2 Å². The molecule has 1 N–H and O–H groups in total. The lowest BCUT2D eigenvalue weighted by Gasteiger charge is -2.52. The standard InChI is InChI=1S/C15H20O4/c1-7-8-4-5-14(2)9(16)6-10-15(3,19-10)12(14)11(8)18-13(7)17/h8-12,16H,1,4-6H2,2-3H3/t8-,9+,10-,11?,12?,14-,15-/m0/s1. The van der Waals surface area contributed by atoms with Gasteiger partial charge in [0.25, 0.3) is 0 Å². The van der Waals surface area contributed by atoms with E-state index in [4.69, 9.17) is 9.47 Å². The van der Waals surface area contributed by atoms with Crippen LogP contribution in [0.3, 0.4) is 0 Å². The van der Waals surface area contributed by atoms with Crippen LogP contribution in [0.2, 0.25) is 0 Å². The van der Waals surface area contributed by atoms with Gasteiger partial charge in [0.1, 0.15) is 6.10 Å². The highest BCUT2D eigenvalue weighted by Crippen LogP contribution is 2.65. The molecule has 2 aliphatic heterocycles. The average Bonchev–Trinajstić information content (AvgIpc) is 2.90. The first kappa shape index (κ1) is 11.9. The minimum Gasteiger partial charge on any atom is -0.458 e. The van der Waals surface area contributed by atoms with Gasteiger partial charge in [0.2, 0.25) is 0 Å². The summed E-state index contributed by atoms with van der Waals surface area (Å²) in [6.45, 7) is 8.11. The summed E-state index contributed by atoms with van der Waals surface area (Å²) in [6.07, 6.45) is 2.07. The van der Waals surface area contributed by atoms with E-state index in [-0.39, 0.29) is 47.1 Å². The average molecular weight is 264 g/mol. The number of hydrogen-bond donors (Lipinski definition) is 1. The number of rotatable bonds is 0. The summed E-state index contributed by atoms with van der Waals surface area (Å²) in [5.74, 6) is -0.0756. The number of epoxide rings is 1. The van der Waals surface area contributed by atoms with Crippen LogP contribution in [0.15, 0.2) is 12.2 Å². The van der Waals surface area contributed by atoms with Crippen molar-refractivity contribution in [3.8, 4) is 0 Å². The van der Waals surface area contributed by atoms with E-state index in [1.54, 1.807) is 0 Å². The molecule has 4 heteroatoms. The van der Waals surface area contributed by atoms with Gasteiger partial charge in [0.15, 0.2) is 0 Å². The fourth-order valence-electron chi connectivity index (χ4n) is 4.92. The second kappa shape index (κ2) is 3.23. The first-order chi connectivity index (χ1) is 8.88. The van der Waals surface area contributed by atoms with Crippen LogP contribution in [-0.4, -0.2) is 35.0 Å². The van der Waals surface area contributed by atoms with Gasteiger partial charge >= 0.3 is 5.97 Å². The van der Waals surface area contributed by atoms with Crippen LogP contribution >= 0.6 is 0 Å². The second-order valence-electron chi connectivity index (χ2n) is 7.07. The number of ether oxygens (including phenoxy) is 2. The zero-order valence-electron chi connectivity index (χ0n) is 11.4. The number of hydrogen-bond acceptors (Lipinski definition) is 4. The van der Waals surface area contributed by atoms with Crippen molar-refractivity contribution in [3.63, 3.8) is 0 Å². The monoisotopic (exact) mass is 264 g/mol. The molecule has 2 unspecified atom stereocenters. The summed E-state index contributed by atoms with van der Waals surface area (Å²) in [5, 5.41) is 10.5. The van der Waals surface area contributed by atoms with E-state index in [2.05, 4.69) is 20.4 Å². The molecule has 19 heavy (non-hydrogen) atoms. The van der Waals surface area contributed by atoms with Gasteiger partial charge in [-0.1, -0.05) is 13.5 Å². The van der Waals surface area contributed by atoms with Crippen molar-refractivity contribution in [3.05, 3.63) is 12.2 Å². The van der Waals surface area contributed by atoms with Crippen molar-refractivity contribution in [2.24, 2.45) is 17.3 Å². The van der Waals surface area contributed by atoms with E-state index >= 15 is 0 Å². The maximum absolute atomic E-state index is 11.8. The quantitative estimate of drug-likeness (QED) is 0.408. The number of fused-ring (bicyclic) bond motifs is 5. The largest absolute Gasteiger partial charge is 0.458 e. The van der Waals surface area contributed by atoms with E-state index in [0.29, 0.717) is 12.0 Å². The SMILES string of the molecule is C=C1C(=O)OC2C3[C@@](C)(CC[C@@H]12)[C@H](O)C[C@@H]1O[C@]31C. The van der Waals surface area contributed by atoms with E-state index in [1.807, 2.05) is 0 Å². The minimum atomic E-state index is -0.369. The molecule has 2 heterocycles. The van der Waals surface area contributed by atoms with Gasteiger partial charge in [-0.15, -0.1) is 0 Å². The lowest BCUT2D eigenvalue weighted by Crippen LogP contribution is -2.59. The molecule has 4 rings (SSSR count). The van der Waals surface area contributed by atoms with Crippen molar-refractivity contribution >= 4 is 5.97 Å². The molecule has 4 aliphatic rings. The number of esters is 1. The molecular weight excluding hydrogens is 244 g/mol. The highest BCUT2D eigenvalue weighted by Gasteiger charge is 2.73. The minimum absolute atomic E-state index is 0.0794. The number of carbonyl (C=O) groups is 1. The molecule has 2 saturated heterocycles. The molecular formula is C15H20O4. The molecule has 7 atom stereocenters. The predicted molar refractivity (Wildman–Crippen MR) is 67.2 cm³/mol. The normalized spacial score (nSPS) is 59.0. The molecule has 0 aromatic heterocycles. The number of aliphatic hydroxyl groups is 1. The number of carbonyl (C=O) groups excluding carboxylic acids is 1. The molecule has 0 spiro atoms. The molecule has 0 aromatic carbocycles. The van der Waals surface area contributed by atoms with Gasteiger partial charge < -0.3 is 14.6 Å². The summed E-state index contributed by atoms with van der Waals surface area (Å²) in [4.78, 5) is 11.8. The van der Waals surface area contributed by atoms with E-state index in [0.717, 1.165) is 12.8 Å². The first-order valence-corrected chi connectivity index (χ1v) is 7.13. The summed E-state index contributed by atoms with van der Waals surface area (Å²) in [7, 11) is 0. The fraction of sp³-hybridized carbons (Fsp3) is 0.800. The fourth-order valence-corrected chi connectivity index (χ4v) is 4.92. The van der Waals surface area contributed by atoms with E-state index < -0.39 is 0 Å². The Hall–Kier alpha value is -0.870. The molecule has 2 aliphatic carbocycles. The smallest absolute Gasteiger partial charge is 0.334 e. The summed E-state index contributed by atoms with van der Waals surface area (Å²) in [5.41, 5.74) is 0.156. The molecule has 104 valence electrons. The Morgan fingerprint density at radius 2 is 2.16 bits per heavy atom. The van der Waals surface area contributed by atoms with Crippen LogP contribution in [0.1, 0.15) is 33.1 Å². The first-order valence-electron chi connectivity index (χ1n) is 7.13. The maximum atomic E-state index is 11.8. The van der Waals surface area contributed by atoms with E-state index in [9.17, 15) is 9.90 Å². The zero-order valence-corrected chi connectivity index (χ0v) is 11.4. The van der Waals surface area contributed by atoms with Gasteiger partial charge in [-0.2, -0.15) is 0 Å². The third kappa shape index (κ3) is 1.24. The van der Waals surface area contributed by atoms with Crippen molar-refractivity contribution in [2.45, 2.75) is 57.0 Å². The highest BCUT2D eigenvalue weighted by molar-refractivity contribution is 5.91. The Labute approximate surface area is 112 Å². The van der Waals surface area contributed by atoms with Crippen LogP contribution < -0.4 is 0 Å². The lowest BCUT2D eigenvalue weighted by molar-refractivity contribution is -0.161. The van der Waals surface area contributed by atoms with Crippen molar-refractivity contribution in [2.75, 3.05) is 0 Å². The van der Waals surface area contributed by atoms with Crippen molar-refractivity contribution in [1.82, 2.24) is 0 Å². The number of aliphatic hydroxyl groups excluding tert-OH is 1. The Morgan fingerprint density at radius 3 is 2.89 bits per heavy atom. The van der Waals surface area contributed by atoms with Gasteiger partial charge in [-0.25, -0.2) is 4.79 Å². The van der Waals surface area contributed by atoms with Crippen LogP contribution in [-0.2, 0) is 14.3 Å². The van der Waals surface area contributed by atoms with Crippen LogP contribution in [0.4, 0.5) is 0 Å². The molecule has 0 amide bonds. The maximum Gasteiger partial charge on any atom is 0.334 e. The van der Waals surface area contributed by atoms with E-state index in [1.165, 1.54) is 0 Å². The topological polar surface area (TPSA) is 59.1 Å². The molecule has 0 radical (unpaired) electrons. The van der Waals surface area contributed by atoms with Crippen molar-refractivity contribution in [1.29, 1.82) is 0 Å². The second-order valence-corrected chi connectivity index (χ2v) is 7.07. The van der Waals surface area contributed by atoms with Gasteiger partial charge in [0.05, 0.1) is 17.8 Å². The molecule has 4 fully saturated rings. The summed E-state index contributed by atoms with van der Waals surface area (Å²) in [6, 6.07) is 0. The van der Waals surface area contributed by atoms with Gasteiger partial charge in [-0.3, -0.25) is 0 Å². The lowest BCUT2D eigenvalue weighted by atomic mass is 9.52. The Morgan fingerprint density at radius 1 is 1.42 bits per heavy atom. The molecule has 2 saturated carbocycles. The molecule has 4 nitrogen and oxygen atoms in total. The van der Waals surface area contributed by atoms with Crippen LogP contribution in [0, 0.1) is 17.3 Å². The van der Waals surface area contributed by atoms with Crippen LogP contribution in [0.25, 0.3) is 0 Å². The molecule has 0 aromatic rings. The van der Waals surface area contributed by atoms with Gasteiger partial charge in [-0.05, 0) is 19.8 Å². The highest BCUT2D eigenvalue weighted by atomic mass is 16.6. The summed E-state index contributed by atoms with van der Waals surface area (Å²) < 4.78 is 11.5. The third-order valence-electron chi connectivity index (χ3n) is 6.18. The predicted octanol–water partition coefficient (Wildman–Crippen LogP) is 1.42.